The lowest BCUT2D eigenvalue weighted by Crippen LogP contribution is -2.39. The number of ether oxygens (including phenoxy) is 2. The smallest absolute Gasteiger partial charge is 0.246 e. The molecule has 0 atom stereocenters. The van der Waals surface area contributed by atoms with Crippen LogP contribution in [0.5, 0.6) is 5.75 Å². The van der Waals surface area contributed by atoms with Crippen LogP contribution >= 0.6 is 12.4 Å². The largest absolute Gasteiger partial charge is 0.490 e. The molecule has 0 fully saturated rings. The van der Waals surface area contributed by atoms with Crippen LogP contribution in [0.4, 0.5) is 4.39 Å². The minimum atomic E-state index is -3.90. The van der Waals surface area contributed by atoms with Crippen molar-refractivity contribution < 1.29 is 22.3 Å². The van der Waals surface area contributed by atoms with Gasteiger partial charge in [0.25, 0.3) is 0 Å². The predicted octanol–water partition coefficient (Wildman–Crippen LogP) is 1.88. The van der Waals surface area contributed by atoms with Crippen molar-refractivity contribution in [2.45, 2.75) is 18.7 Å². The minimum absolute atomic E-state index is 0. The quantitative estimate of drug-likeness (QED) is 0.657. The Morgan fingerprint density at radius 1 is 1.29 bits per heavy atom. The van der Waals surface area contributed by atoms with Gasteiger partial charge in [0.1, 0.15) is 23.1 Å². The number of sulfonamides is 1. The molecule has 1 aromatic carbocycles. The Kier molecular flexibility index (Phi) is 9.16. The summed E-state index contributed by atoms with van der Waals surface area (Å²) in [5.74, 6) is -0.546. The summed E-state index contributed by atoms with van der Waals surface area (Å²) in [6.45, 7) is 4.73. The van der Waals surface area contributed by atoms with Crippen LogP contribution in [0.1, 0.15) is 13.8 Å². The Labute approximate surface area is 149 Å². The van der Waals surface area contributed by atoms with Gasteiger partial charge < -0.3 is 15.2 Å². The fourth-order valence-corrected chi connectivity index (χ4v) is 3.46. The second-order valence-electron chi connectivity index (χ2n) is 6.06. The molecule has 2 N–H and O–H groups in total. The molecule has 0 saturated heterocycles. The van der Waals surface area contributed by atoms with E-state index in [9.17, 15) is 12.8 Å². The highest BCUT2D eigenvalue weighted by molar-refractivity contribution is 7.89. The highest BCUT2D eigenvalue weighted by Gasteiger charge is 2.30. The summed E-state index contributed by atoms with van der Waals surface area (Å²) in [4.78, 5) is -0.205. The molecule has 1 aromatic rings. The molecule has 24 heavy (non-hydrogen) atoms. The lowest BCUT2D eigenvalue weighted by Gasteiger charge is -2.28. The summed E-state index contributed by atoms with van der Waals surface area (Å²) < 4.78 is 50.5. The molecule has 140 valence electrons. The van der Waals surface area contributed by atoms with E-state index in [-0.39, 0.29) is 36.2 Å². The normalized spacial score (nSPS) is 12.1. The number of hydrogen-bond donors (Lipinski definition) is 1. The number of nitrogens with zero attached hydrogens (tertiary/aromatic N) is 1. The molecule has 0 radical (unpaired) electrons. The Morgan fingerprint density at radius 2 is 1.92 bits per heavy atom. The number of hydrogen-bond acceptors (Lipinski definition) is 5. The van der Waals surface area contributed by atoms with Crippen molar-refractivity contribution in [3.63, 3.8) is 0 Å². The van der Waals surface area contributed by atoms with Gasteiger partial charge in [-0.2, -0.15) is 0 Å². The maximum atomic E-state index is 13.6. The van der Waals surface area contributed by atoms with Crippen molar-refractivity contribution in [1.29, 1.82) is 0 Å². The van der Waals surface area contributed by atoms with Crippen LogP contribution < -0.4 is 10.5 Å². The second-order valence-corrected chi connectivity index (χ2v) is 8.08. The Balaban J connectivity index is 0.00000529. The van der Waals surface area contributed by atoms with Crippen molar-refractivity contribution >= 4 is 22.4 Å². The molecular formula is C15H26ClFN2O4S. The molecule has 0 aliphatic heterocycles. The van der Waals surface area contributed by atoms with E-state index in [0.717, 1.165) is 16.4 Å². The van der Waals surface area contributed by atoms with Gasteiger partial charge >= 0.3 is 0 Å². The third-order valence-corrected chi connectivity index (χ3v) is 5.17. The SMILES string of the molecule is COCCOc1ccc(F)cc1S(=O)(=O)N(C)CC(C)(C)CN.Cl. The Hall–Kier alpha value is -0.930. The molecule has 0 bridgehead atoms. The first-order chi connectivity index (χ1) is 10.6. The lowest BCUT2D eigenvalue weighted by molar-refractivity contribution is 0.144. The Bertz CT molecular complexity index is 626. The van der Waals surface area contributed by atoms with Gasteiger partial charge in [0.2, 0.25) is 10.0 Å². The van der Waals surface area contributed by atoms with Gasteiger partial charge in [-0.3, -0.25) is 0 Å². The summed E-state index contributed by atoms with van der Waals surface area (Å²) >= 11 is 0. The van der Waals surface area contributed by atoms with Crippen LogP contribution in [0.25, 0.3) is 0 Å². The maximum absolute atomic E-state index is 13.6. The molecule has 0 heterocycles. The minimum Gasteiger partial charge on any atom is -0.490 e. The van der Waals surface area contributed by atoms with Crippen LogP contribution in [-0.2, 0) is 14.8 Å². The topological polar surface area (TPSA) is 81.9 Å². The monoisotopic (exact) mass is 384 g/mol. The highest BCUT2D eigenvalue weighted by atomic mass is 35.5. The van der Waals surface area contributed by atoms with E-state index in [1.807, 2.05) is 13.8 Å². The van der Waals surface area contributed by atoms with E-state index in [4.69, 9.17) is 15.2 Å². The lowest BCUT2D eigenvalue weighted by atomic mass is 9.94. The van der Waals surface area contributed by atoms with Crippen LogP contribution in [0.15, 0.2) is 23.1 Å². The summed E-state index contributed by atoms with van der Waals surface area (Å²) in [5.41, 5.74) is 5.25. The number of benzene rings is 1. The van der Waals surface area contributed by atoms with E-state index in [2.05, 4.69) is 0 Å². The summed E-state index contributed by atoms with van der Waals surface area (Å²) in [6, 6.07) is 3.42. The molecule has 0 aromatic heterocycles. The van der Waals surface area contributed by atoms with E-state index in [1.165, 1.54) is 20.2 Å². The van der Waals surface area contributed by atoms with Gasteiger partial charge in [0.05, 0.1) is 6.61 Å². The first kappa shape index (κ1) is 23.1. The molecule has 0 spiro atoms. The molecule has 0 amide bonds. The maximum Gasteiger partial charge on any atom is 0.246 e. The highest BCUT2D eigenvalue weighted by Crippen LogP contribution is 2.29. The third kappa shape index (κ3) is 6.18. The summed E-state index contributed by atoms with van der Waals surface area (Å²) in [7, 11) is -0.951. The number of rotatable bonds is 9. The first-order valence-corrected chi connectivity index (χ1v) is 8.66. The van der Waals surface area contributed by atoms with Gasteiger partial charge in [0.15, 0.2) is 0 Å². The summed E-state index contributed by atoms with van der Waals surface area (Å²) in [5, 5.41) is 0. The van der Waals surface area contributed by atoms with E-state index < -0.39 is 21.3 Å². The van der Waals surface area contributed by atoms with Crippen molar-refractivity contribution in [3.05, 3.63) is 24.0 Å². The van der Waals surface area contributed by atoms with Crippen LogP contribution in [0.2, 0.25) is 0 Å². The fraction of sp³-hybridized carbons (Fsp3) is 0.600. The van der Waals surface area contributed by atoms with Gasteiger partial charge in [0, 0.05) is 20.7 Å². The molecule has 1 rings (SSSR count). The number of methoxy groups -OCH3 is 1. The van der Waals surface area contributed by atoms with Gasteiger partial charge in [-0.15, -0.1) is 12.4 Å². The predicted molar refractivity (Wildman–Crippen MR) is 93.7 cm³/mol. The molecule has 0 unspecified atom stereocenters. The van der Waals surface area contributed by atoms with Gasteiger partial charge in [-0.05, 0) is 30.2 Å². The third-order valence-electron chi connectivity index (χ3n) is 3.34. The molecule has 0 aliphatic rings. The average Bonchev–Trinajstić information content (AvgIpc) is 2.48. The fourth-order valence-electron chi connectivity index (χ4n) is 1.96. The number of nitrogens with two attached hydrogens (primary N) is 1. The van der Waals surface area contributed by atoms with Crippen molar-refractivity contribution in [3.8, 4) is 5.75 Å². The zero-order chi connectivity index (χ0) is 17.7. The Morgan fingerprint density at radius 3 is 2.46 bits per heavy atom. The molecular weight excluding hydrogens is 359 g/mol. The van der Waals surface area contributed by atoms with Gasteiger partial charge in [-0.25, -0.2) is 17.1 Å². The molecule has 0 saturated carbocycles. The van der Waals surface area contributed by atoms with Crippen LogP contribution in [-0.4, -0.2) is 53.2 Å². The van der Waals surface area contributed by atoms with Crippen LogP contribution in [0.3, 0.4) is 0 Å². The molecule has 0 aliphatic carbocycles. The van der Waals surface area contributed by atoms with E-state index in [0.29, 0.717) is 13.2 Å². The van der Waals surface area contributed by atoms with E-state index >= 15 is 0 Å². The standard InChI is InChI=1S/C15H25FN2O4S.ClH/c1-15(2,10-17)11-18(3)23(19,20)14-9-12(16)5-6-13(14)22-8-7-21-4;/h5-6,9H,7-8,10-11,17H2,1-4H3;1H. The second kappa shape index (κ2) is 9.53. The van der Waals surface area contributed by atoms with Crippen molar-refractivity contribution in [2.75, 3.05) is 40.5 Å². The zero-order valence-electron chi connectivity index (χ0n) is 14.4. The summed E-state index contributed by atoms with van der Waals surface area (Å²) in [6.07, 6.45) is 0. The molecule has 6 nitrogen and oxygen atoms in total. The van der Waals surface area contributed by atoms with Crippen molar-refractivity contribution in [2.24, 2.45) is 11.1 Å². The average molecular weight is 385 g/mol. The number of halogens is 2. The van der Waals surface area contributed by atoms with E-state index in [1.54, 1.807) is 0 Å². The van der Waals surface area contributed by atoms with Crippen LogP contribution in [0, 0.1) is 11.2 Å². The first-order valence-electron chi connectivity index (χ1n) is 7.22. The van der Waals surface area contributed by atoms with Gasteiger partial charge in [-0.1, -0.05) is 13.8 Å². The van der Waals surface area contributed by atoms with Crippen molar-refractivity contribution in [1.82, 2.24) is 4.31 Å². The zero-order valence-corrected chi connectivity index (χ0v) is 16.0. The molecule has 9 heteroatoms.